The lowest BCUT2D eigenvalue weighted by Gasteiger charge is -2.45. The zero-order chi connectivity index (χ0) is 33.6. The van der Waals surface area contributed by atoms with Crippen molar-refractivity contribution in [2.45, 2.75) is 70.3 Å². The first-order valence-corrected chi connectivity index (χ1v) is 16.3. The quantitative estimate of drug-likeness (QED) is 0.248. The smallest absolute Gasteiger partial charge is 0.320 e. The number of hydrogen-bond acceptors (Lipinski definition) is 6. The second kappa shape index (κ2) is 12.9. The molecule has 2 aliphatic heterocycles. The van der Waals surface area contributed by atoms with Gasteiger partial charge in [0.25, 0.3) is 5.91 Å². The number of benzene rings is 3. The zero-order valence-electron chi connectivity index (χ0n) is 27.1. The summed E-state index contributed by atoms with van der Waals surface area (Å²) in [5.41, 5.74) is -1.46. The van der Waals surface area contributed by atoms with Crippen LogP contribution in [0.15, 0.2) is 60.7 Å². The number of hydrogen-bond donors (Lipinski definition) is 1. The van der Waals surface area contributed by atoms with Crippen LogP contribution < -0.4 is 4.90 Å². The van der Waals surface area contributed by atoms with Crippen molar-refractivity contribution < 1.29 is 28.6 Å². The van der Waals surface area contributed by atoms with Gasteiger partial charge in [-0.3, -0.25) is 19.4 Å². The predicted octanol–water partition coefficient (Wildman–Crippen LogP) is 7.66. The van der Waals surface area contributed by atoms with Gasteiger partial charge in [0.2, 0.25) is 0 Å². The van der Waals surface area contributed by atoms with Crippen LogP contribution in [-0.4, -0.2) is 54.2 Å². The molecule has 0 spiro atoms. The Morgan fingerprint density at radius 1 is 1.04 bits per heavy atom. The highest BCUT2D eigenvalue weighted by Gasteiger charge is 2.51. The SMILES string of the molecule is COC1(C)c2c(F)cc(C(C)C(O)(c3ccc(Cl)cc3)C3CCN(CC(=O)OC(C)(C)C)CC3)cc2C(=O)N1c1ccc(Cl)cc1. The van der Waals surface area contributed by atoms with Gasteiger partial charge in [0.1, 0.15) is 11.4 Å². The lowest BCUT2D eigenvalue weighted by atomic mass is 9.67. The molecule has 1 amide bonds. The van der Waals surface area contributed by atoms with Gasteiger partial charge in [0.05, 0.1) is 23.3 Å². The van der Waals surface area contributed by atoms with E-state index in [0.717, 1.165) is 0 Å². The van der Waals surface area contributed by atoms with Crippen LogP contribution in [0.4, 0.5) is 10.1 Å². The summed E-state index contributed by atoms with van der Waals surface area (Å²) >= 11 is 12.3. The van der Waals surface area contributed by atoms with Crippen molar-refractivity contribution in [3.05, 3.63) is 98.8 Å². The number of piperidine rings is 1. The average molecular weight is 672 g/mol. The molecule has 0 radical (unpaired) electrons. The van der Waals surface area contributed by atoms with Crippen LogP contribution in [0.5, 0.6) is 0 Å². The van der Waals surface area contributed by atoms with E-state index in [2.05, 4.69) is 0 Å². The summed E-state index contributed by atoms with van der Waals surface area (Å²) in [5.74, 6) is -2.16. The number of anilines is 1. The minimum atomic E-state index is -1.44. The van der Waals surface area contributed by atoms with Crippen molar-refractivity contribution in [2.75, 3.05) is 31.6 Å². The predicted molar refractivity (Wildman–Crippen MR) is 178 cm³/mol. The standard InChI is InChI=1S/C36H41Cl2FN2O5/c1-22(23-19-29-32(30(39)20-23)35(5,45-6)41(33(29)43)28-13-11-27(38)12-14-28)36(44,24-7-9-26(37)10-8-24)25-15-17-40(18-16-25)21-31(42)46-34(2,3)4/h7-14,19-20,22,25,44H,15-18,21H2,1-6H3. The molecule has 246 valence electrons. The van der Waals surface area contributed by atoms with Gasteiger partial charge in [0.15, 0.2) is 5.72 Å². The third kappa shape index (κ3) is 6.43. The number of methoxy groups -OCH3 is 1. The number of aliphatic hydroxyl groups is 1. The van der Waals surface area contributed by atoms with Crippen LogP contribution in [0.1, 0.15) is 80.4 Å². The molecule has 7 nitrogen and oxygen atoms in total. The van der Waals surface area contributed by atoms with Gasteiger partial charge in [-0.25, -0.2) is 4.39 Å². The van der Waals surface area contributed by atoms with E-state index in [4.69, 9.17) is 32.7 Å². The largest absolute Gasteiger partial charge is 0.459 e. The van der Waals surface area contributed by atoms with E-state index >= 15 is 4.39 Å². The number of nitrogens with zero attached hydrogens (tertiary/aromatic N) is 2. The minimum absolute atomic E-state index is 0.136. The Morgan fingerprint density at radius 2 is 1.61 bits per heavy atom. The molecule has 2 aliphatic rings. The molecule has 1 fully saturated rings. The van der Waals surface area contributed by atoms with Crippen LogP contribution in [0, 0.1) is 11.7 Å². The number of rotatable bonds is 8. The Hall–Kier alpha value is -3.01. The van der Waals surface area contributed by atoms with Crippen molar-refractivity contribution in [3.63, 3.8) is 0 Å². The van der Waals surface area contributed by atoms with Gasteiger partial charge < -0.3 is 14.6 Å². The van der Waals surface area contributed by atoms with Crippen LogP contribution >= 0.6 is 23.2 Å². The van der Waals surface area contributed by atoms with E-state index in [1.807, 2.05) is 32.6 Å². The van der Waals surface area contributed by atoms with Crippen LogP contribution in [-0.2, 0) is 25.6 Å². The van der Waals surface area contributed by atoms with E-state index in [-0.39, 0.29) is 29.6 Å². The van der Waals surface area contributed by atoms with Crippen molar-refractivity contribution in [2.24, 2.45) is 5.92 Å². The fourth-order valence-corrected chi connectivity index (χ4v) is 7.24. The molecule has 2 heterocycles. The molecule has 0 saturated carbocycles. The third-order valence-electron chi connectivity index (χ3n) is 9.37. The summed E-state index contributed by atoms with van der Waals surface area (Å²) in [4.78, 5) is 29.9. The molecule has 0 bridgehead atoms. The van der Waals surface area contributed by atoms with Crippen LogP contribution in [0.25, 0.3) is 0 Å². The number of carbonyl (C=O) groups is 2. The number of halogens is 3. The van der Waals surface area contributed by atoms with Gasteiger partial charge in [-0.2, -0.15) is 0 Å². The normalized spacial score (nSPS) is 21.2. The third-order valence-corrected chi connectivity index (χ3v) is 9.87. The topological polar surface area (TPSA) is 79.3 Å². The van der Waals surface area contributed by atoms with Crippen LogP contribution in [0.3, 0.4) is 0 Å². The molecule has 3 aromatic rings. The number of amides is 1. The van der Waals surface area contributed by atoms with Gasteiger partial charge in [-0.15, -0.1) is 0 Å². The van der Waals surface area contributed by atoms with E-state index < -0.39 is 34.6 Å². The van der Waals surface area contributed by atoms with Crippen molar-refractivity contribution in [1.82, 2.24) is 4.90 Å². The Labute approximate surface area is 280 Å². The molecule has 3 atom stereocenters. The number of fused-ring (bicyclic) bond motifs is 1. The molecule has 3 unspecified atom stereocenters. The van der Waals surface area contributed by atoms with E-state index in [9.17, 15) is 14.7 Å². The first-order valence-electron chi connectivity index (χ1n) is 15.5. The fraction of sp³-hybridized carbons (Fsp3) is 0.444. The Bertz CT molecular complexity index is 1600. The molecule has 1 N–H and O–H groups in total. The van der Waals surface area contributed by atoms with E-state index in [1.165, 1.54) is 18.1 Å². The molecule has 46 heavy (non-hydrogen) atoms. The van der Waals surface area contributed by atoms with Gasteiger partial charge >= 0.3 is 5.97 Å². The molecule has 0 aromatic heterocycles. The van der Waals surface area contributed by atoms with E-state index in [0.29, 0.717) is 52.8 Å². The molecule has 10 heteroatoms. The summed E-state index contributed by atoms with van der Waals surface area (Å²) in [6.07, 6.45) is 1.18. The highest BCUT2D eigenvalue weighted by molar-refractivity contribution is 6.31. The number of likely N-dealkylation sites (tertiary alicyclic amines) is 1. The highest BCUT2D eigenvalue weighted by atomic mass is 35.5. The Balaban J connectivity index is 1.49. The summed E-state index contributed by atoms with van der Waals surface area (Å²) in [6, 6.07) is 16.8. The molecule has 0 aliphatic carbocycles. The maximum atomic E-state index is 16.3. The maximum absolute atomic E-state index is 16.3. The monoisotopic (exact) mass is 670 g/mol. The summed E-state index contributed by atoms with van der Waals surface area (Å²) < 4.78 is 27.6. The van der Waals surface area contributed by atoms with E-state index in [1.54, 1.807) is 61.5 Å². The Morgan fingerprint density at radius 3 is 2.15 bits per heavy atom. The lowest BCUT2D eigenvalue weighted by molar-refractivity contribution is -0.157. The molecular weight excluding hydrogens is 630 g/mol. The summed E-state index contributed by atoms with van der Waals surface area (Å²) in [6.45, 7) is 10.3. The first-order chi connectivity index (χ1) is 21.6. The van der Waals surface area contributed by atoms with Crippen molar-refractivity contribution in [3.8, 4) is 0 Å². The van der Waals surface area contributed by atoms with Crippen LogP contribution in [0.2, 0.25) is 10.0 Å². The molecular formula is C36H41Cl2FN2O5. The van der Waals surface area contributed by atoms with Crippen molar-refractivity contribution in [1.29, 1.82) is 0 Å². The first kappa shape index (κ1) is 34.3. The second-order valence-electron chi connectivity index (χ2n) is 13.4. The minimum Gasteiger partial charge on any atom is -0.459 e. The Kier molecular flexibility index (Phi) is 9.62. The lowest BCUT2D eigenvalue weighted by Crippen LogP contribution is -2.47. The molecule has 3 aromatic carbocycles. The fourth-order valence-electron chi connectivity index (χ4n) is 6.99. The maximum Gasteiger partial charge on any atom is 0.320 e. The number of esters is 1. The van der Waals surface area contributed by atoms with Gasteiger partial charge in [-0.1, -0.05) is 42.3 Å². The van der Waals surface area contributed by atoms with Gasteiger partial charge in [-0.05, 0) is 119 Å². The van der Waals surface area contributed by atoms with Gasteiger partial charge in [0, 0.05) is 28.8 Å². The number of ether oxygens (including phenoxy) is 2. The zero-order valence-corrected chi connectivity index (χ0v) is 28.6. The van der Waals surface area contributed by atoms with Crippen molar-refractivity contribution >= 4 is 40.8 Å². The highest BCUT2D eigenvalue weighted by Crippen LogP contribution is 2.50. The molecule has 5 rings (SSSR count). The number of carbonyl (C=O) groups excluding carboxylic acids is 2. The second-order valence-corrected chi connectivity index (χ2v) is 14.3. The summed E-state index contributed by atoms with van der Waals surface area (Å²) in [7, 11) is 1.44. The summed E-state index contributed by atoms with van der Waals surface area (Å²) in [5, 5.41) is 13.8. The molecule has 1 saturated heterocycles. The average Bonchev–Trinajstić information content (AvgIpc) is 3.23.